The van der Waals surface area contributed by atoms with Crippen LogP contribution >= 0.6 is 11.6 Å². The SMILES string of the molecule is CC[C@@H]1C[C@@H](C)CC/C=C\[C@@H]2C[C@@]2(C(=O)NS(=O)(=O)C2(C)CC2)NC(=O)[C@@H]2C[C@@H](Oc3nc4nccn4c4ccc(Cl)cc34)CN2C(=O)[C@H]1NC(=O)OC(C)(C)C(F)(F)F. The van der Waals surface area contributed by atoms with E-state index in [0.29, 0.717) is 74.1 Å². The largest absolute Gasteiger partial charge is 0.472 e. The molecule has 326 valence electrons. The van der Waals surface area contributed by atoms with Crippen LogP contribution in [0.5, 0.6) is 5.88 Å². The number of carbonyl (C=O) groups is 4. The number of imidazole rings is 1. The number of hydrogen-bond acceptors (Lipinski definition) is 10. The quantitative estimate of drug-likeness (QED) is 0.241. The van der Waals surface area contributed by atoms with Gasteiger partial charge in [-0.15, -0.1) is 0 Å². The van der Waals surface area contributed by atoms with Gasteiger partial charge in [0.15, 0.2) is 0 Å². The Labute approximate surface area is 350 Å². The van der Waals surface area contributed by atoms with Crippen molar-refractivity contribution in [3.63, 3.8) is 0 Å². The van der Waals surface area contributed by atoms with Gasteiger partial charge in [-0.25, -0.2) is 18.2 Å². The molecule has 0 spiro atoms. The second kappa shape index (κ2) is 15.7. The number of alkyl halides is 3. The first-order chi connectivity index (χ1) is 28.1. The van der Waals surface area contributed by atoms with Crippen LogP contribution in [0.4, 0.5) is 18.0 Å². The van der Waals surface area contributed by atoms with Crippen molar-refractivity contribution in [2.75, 3.05) is 6.54 Å². The smallest absolute Gasteiger partial charge is 0.427 e. The van der Waals surface area contributed by atoms with Crippen molar-refractivity contribution in [1.82, 2.24) is 34.6 Å². The van der Waals surface area contributed by atoms with Crippen LogP contribution in [-0.2, 0) is 29.1 Å². The Hall–Kier alpha value is -4.65. The number of aromatic nitrogens is 3. The van der Waals surface area contributed by atoms with E-state index in [1.807, 2.05) is 13.0 Å². The normalized spacial score (nSPS) is 29.1. The molecule has 7 rings (SSSR count). The molecule has 4 amide bonds. The lowest BCUT2D eigenvalue weighted by Crippen LogP contribution is -2.60. The van der Waals surface area contributed by atoms with E-state index in [1.54, 1.807) is 48.0 Å². The van der Waals surface area contributed by atoms with Gasteiger partial charge in [0.05, 0.1) is 22.2 Å². The Morgan fingerprint density at radius 1 is 1.15 bits per heavy atom. The summed E-state index contributed by atoms with van der Waals surface area (Å²) in [5.74, 6) is -3.31. The van der Waals surface area contributed by atoms with Gasteiger partial charge in [0.1, 0.15) is 23.7 Å². The highest BCUT2D eigenvalue weighted by Crippen LogP contribution is 2.48. The molecule has 15 nitrogen and oxygen atoms in total. The Morgan fingerprint density at radius 2 is 1.88 bits per heavy atom. The summed E-state index contributed by atoms with van der Waals surface area (Å²) in [6, 6.07) is 2.28. The topological polar surface area (TPSA) is 190 Å². The van der Waals surface area contributed by atoms with Gasteiger partial charge in [0.25, 0.3) is 5.91 Å². The van der Waals surface area contributed by atoms with Gasteiger partial charge in [0, 0.05) is 29.8 Å². The Morgan fingerprint density at radius 3 is 2.57 bits per heavy atom. The molecule has 2 aromatic heterocycles. The lowest BCUT2D eigenvalue weighted by Gasteiger charge is -2.35. The van der Waals surface area contributed by atoms with Crippen molar-refractivity contribution in [3.8, 4) is 5.88 Å². The van der Waals surface area contributed by atoms with Gasteiger partial charge in [-0.3, -0.25) is 23.5 Å². The molecule has 3 N–H and O–H groups in total. The molecule has 60 heavy (non-hydrogen) atoms. The van der Waals surface area contributed by atoms with Gasteiger partial charge in [-0.1, -0.05) is 44.0 Å². The predicted octanol–water partition coefficient (Wildman–Crippen LogP) is 5.60. The molecule has 3 fully saturated rings. The fourth-order valence-electron chi connectivity index (χ4n) is 8.12. The zero-order chi connectivity index (χ0) is 43.6. The molecule has 0 radical (unpaired) electrons. The van der Waals surface area contributed by atoms with E-state index in [4.69, 9.17) is 21.1 Å². The number of allylic oxidation sites excluding steroid dienone is 1. The second-order valence-electron chi connectivity index (χ2n) is 17.3. The van der Waals surface area contributed by atoms with E-state index >= 15 is 0 Å². The zero-order valence-electron chi connectivity index (χ0n) is 33.8. The number of hydrogen-bond donors (Lipinski definition) is 3. The lowest BCUT2D eigenvalue weighted by atomic mass is 9.85. The minimum Gasteiger partial charge on any atom is -0.472 e. The van der Waals surface area contributed by atoms with Crippen molar-refractivity contribution in [2.45, 2.75) is 126 Å². The molecule has 4 heterocycles. The molecular weight excluding hydrogens is 831 g/mol. The highest BCUT2D eigenvalue weighted by molar-refractivity contribution is 7.91. The van der Waals surface area contributed by atoms with E-state index in [2.05, 4.69) is 25.3 Å². The Balaban J connectivity index is 1.26. The van der Waals surface area contributed by atoms with Crippen LogP contribution in [0.1, 0.15) is 86.0 Å². The van der Waals surface area contributed by atoms with Crippen molar-refractivity contribution < 1.29 is 50.2 Å². The van der Waals surface area contributed by atoms with E-state index in [1.165, 1.54) is 11.8 Å². The highest BCUT2D eigenvalue weighted by Gasteiger charge is 2.63. The summed E-state index contributed by atoms with van der Waals surface area (Å²) in [7, 11) is -4.09. The molecule has 1 saturated heterocycles. The number of halogens is 4. The van der Waals surface area contributed by atoms with E-state index in [0.717, 1.165) is 0 Å². The summed E-state index contributed by atoms with van der Waals surface area (Å²) < 4.78 is 82.1. The third-order valence-corrected chi connectivity index (χ3v) is 14.9. The van der Waals surface area contributed by atoms with Crippen LogP contribution < -0.4 is 20.1 Å². The summed E-state index contributed by atoms with van der Waals surface area (Å²) in [6.07, 6.45) is 2.11. The predicted molar refractivity (Wildman–Crippen MR) is 213 cm³/mol. The Bertz CT molecular complexity index is 2350. The summed E-state index contributed by atoms with van der Waals surface area (Å²) >= 11 is 6.39. The number of amides is 4. The molecule has 0 bridgehead atoms. The van der Waals surface area contributed by atoms with E-state index in [9.17, 15) is 40.8 Å². The van der Waals surface area contributed by atoms with Crippen LogP contribution in [0.3, 0.4) is 0 Å². The van der Waals surface area contributed by atoms with Crippen LogP contribution in [0.25, 0.3) is 16.7 Å². The molecule has 3 aromatic rings. The minimum absolute atomic E-state index is 0.0462. The van der Waals surface area contributed by atoms with E-state index < -0.39 is 85.9 Å². The fraction of sp³-hybridized carbons (Fsp3) is 0.600. The van der Waals surface area contributed by atoms with Gasteiger partial charge in [0.2, 0.25) is 39.1 Å². The van der Waals surface area contributed by atoms with Crippen molar-refractivity contribution >= 4 is 62.1 Å². The molecule has 2 aliphatic heterocycles. The van der Waals surface area contributed by atoms with E-state index in [-0.39, 0.29) is 31.2 Å². The minimum atomic E-state index is -4.93. The molecule has 4 aliphatic rings. The first-order valence-electron chi connectivity index (χ1n) is 20.1. The number of nitrogens with zero attached hydrogens (tertiary/aromatic N) is 4. The zero-order valence-corrected chi connectivity index (χ0v) is 35.4. The average Bonchev–Trinajstić information content (AvgIpc) is 3.95. The maximum atomic E-state index is 15.0. The third kappa shape index (κ3) is 8.35. The second-order valence-corrected chi connectivity index (χ2v) is 20.0. The lowest BCUT2D eigenvalue weighted by molar-refractivity contribution is -0.244. The molecule has 2 aliphatic carbocycles. The van der Waals surface area contributed by atoms with Gasteiger partial charge < -0.3 is 25.0 Å². The number of carbonyl (C=O) groups excluding carboxylic acids is 4. The molecule has 2 saturated carbocycles. The summed E-state index contributed by atoms with van der Waals surface area (Å²) in [5, 5.41) is 6.11. The Kier molecular flexibility index (Phi) is 11.3. The average molecular weight is 880 g/mol. The van der Waals surface area contributed by atoms with Crippen LogP contribution in [0.2, 0.25) is 5.02 Å². The molecule has 7 atom stereocenters. The summed E-state index contributed by atoms with van der Waals surface area (Å²) in [6.45, 7) is 6.42. The number of benzene rings is 1. The monoisotopic (exact) mass is 879 g/mol. The summed E-state index contributed by atoms with van der Waals surface area (Å²) in [4.78, 5) is 66.9. The first kappa shape index (κ1) is 43.4. The van der Waals surface area contributed by atoms with Crippen molar-refractivity contribution in [2.24, 2.45) is 17.8 Å². The molecular formula is C40H49ClF3N7O8S. The van der Waals surface area contributed by atoms with Gasteiger partial charge in [-0.2, -0.15) is 18.2 Å². The number of sulfonamides is 1. The number of nitrogens with one attached hydrogen (secondary N) is 3. The maximum absolute atomic E-state index is 15.0. The van der Waals surface area contributed by atoms with Crippen molar-refractivity contribution in [1.29, 1.82) is 0 Å². The van der Waals surface area contributed by atoms with Crippen molar-refractivity contribution in [3.05, 3.63) is 47.8 Å². The molecule has 20 heteroatoms. The third-order valence-electron chi connectivity index (χ3n) is 12.5. The van der Waals surface area contributed by atoms with Crippen LogP contribution in [0, 0.1) is 17.8 Å². The molecule has 0 unspecified atom stereocenters. The number of ether oxygens (including phenoxy) is 2. The number of rotatable bonds is 8. The fourth-order valence-corrected chi connectivity index (χ4v) is 9.60. The van der Waals surface area contributed by atoms with Crippen LogP contribution in [0.15, 0.2) is 42.7 Å². The molecule has 1 aromatic carbocycles. The highest BCUT2D eigenvalue weighted by atomic mass is 35.5. The van der Waals surface area contributed by atoms with Gasteiger partial charge >= 0.3 is 12.3 Å². The standard InChI is InChI=1S/C40H49ClF3N7O8S/c1-6-23-17-22(2)9-7-8-10-24-20-39(24,34(54)49-60(56,57)38(5)13-14-38)48-31(52)29-19-26(21-51(29)33(53)30(23)46-36(55)59-37(3,4)40(42,43)44)58-32-27-18-25(41)11-12-28(27)50-16-15-45-35(50)47-32/h8,10-12,15-16,18,22-24,26,29-30H,6-7,9,13-14,17,19-21H2,1-5H3,(H,46,55)(H,48,52)(H,49,54)/b10-8-/t22-,23+,24+,26+,29-,30-,39+/m0/s1. The number of fused-ring (bicyclic) bond motifs is 5. The maximum Gasteiger partial charge on any atom is 0.427 e. The number of alkyl carbamates (subject to hydrolysis) is 1. The first-order valence-corrected chi connectivity index (χ1v) is 22.0. The van der Waals surface area contributed by atoms with Gasteiger partial charge in [-0.05, 0) is 89.3 Å². The van der Waals surface area contributed by atoms with Crippen LogP contribution in [-0.4, -0.2) is 98.3 Å². The summed E-state index contributed by atoms with van der Waals surface area (Å²) in [5.41, 5.74) is -3.91.